The predicted molar refractivity (Wildman–Crippen MR) is 282 cm³/mol. The first-order valence-corrected chi connectivity index (χ1v) is 22.7. The Hall–Kier alpha value is -8.32. The van der Waals surface area contributed by atoms with E-state index in [1.807, 2.05) is 0 Å². The molecule has 0 aromatic heterocycles. The standard InChI is InChI=1S/C65H40/c1-39-26-28-40(29-27-39)57-37-61(58-34-41-14-2-5-17-44(41)47-20-8-11-23-50(47)58)54-32-33-56-63(60-36-43-16-4-7-19-46(43)49-22-10-13-25-52(49)60)38-62(55-31-30-53(57)64(54)65(55)56)59-35-42-15-3-6-18-45(42)48-21-9-12-24-51(48)59/h2-38H,1H3. The van der Waals surface area contributed by atoms with Gasteiger partial charge < -0.3 is 0 Å². The Kier molecular flexibility index (Phi) is 7.71. The van der Waals surface area contributed by atoms with Crippen LogP contribution in [-0.4, -0.2) is 0 Å². The van der Waals surface area contributed by atoms with Crippen molar-refractivity contribution in [2.75, 3.05) is 0 Å². The molecule has 0 N–H and O–H groups in total. The van der Waals surface area contributed by atoms with E-state index in [9.17, 15) is 0 Å². The summed E-state index contributed by atoms with van der Waals surface area (Å²) in [7, 11) is 0. The van der Waals surface area contributed by atoms with Gasteiger partial charge in [-0.25, -0.2) is 0 Å². The summed E-state index contributed by atoms with van der Waals surface area (Å²) in [4.78, 5) is 0. The largest absolute Gasteiger partial charge is 0.0616 e. The van der Waals surface area contributed by atoms with Crippen molar-refractivity contribution < 1.29 is 0 Å². The highest BCUT2D eigenvalue weighted by molar-refractivity contribution is 6.34. The average molecular weight is 821 g/mol. The van der Waals surface area contributed by atoms with Crippen molar-refractivity contribution in [2.24, 2.45) is 0 Å². The normalized spacial score (nSPS) is 12.1. The fourth-order valence-electron chi connectivity index (χ4n) is 11.5. The summed E-state index contributed by atoms with van der Waals surface area (Å²) in [6.07, 6.45) is 0. The van der Waals surface area contributed by atoms with Crippen molar-refractivity contribution >= 4 is 97.0 Å². The molecule has 65 heavy (non-hydrogen) atoms. The molecule has 0 unspecified atom stereocenters. The van der Waals surface area contributed by atoms with E-state index in [1.165, 1.54) is 147 Å². The monoisotopic (exact) mass is 820 g/mol. The van der Waals surface area contributed by atoms with Gasteiger partial charge in [0.25, 0.3) is 0 Å². The minimum Gasteiger partial charge on any atom is -0.0616 e. The van der Waals surface area contributed by atoms with Crippen LogP contribution in [0.3, 0.4) is 0 Å². The van der Waals surface area contributed by atoms with Crippen LogP contribution in [0.4, 0.5) is 0 Å². The lowest BCUT2D eigenvalue weighted by atomic mass is 9.80. The van der Waals surface area contributed by atoms with Gasteiger partial charge in [0, 0.05) is 0 Å². The van der Waals surface area contributed by atoms with Gasteiger partial charge in [-0.15, -0.1) is 0 Å². The molecule has 0 heteroatoms. The summed E-state index contributed by atoms with van der Waals surface area (Å²) in [6.45, 7) is 2.18. The molecular weight excluding hydrogens is 781 g/mol. The van der Waals surface area contributed by atoms with Crippen molar-refractivity contribution in [3.63, 3.8) is 0 Å². The smallest absolute Gasteiger partial charge is 0.00139 e. The second-order valence-electron chi connectivity index (χ2n) is 18.0. The number of benzene rings is 14. The molecule has 0 radical (unpaired) electrons. The van der Waals surface area contributed by atoms with Crippen molar-refractivity contribution in [1.82, 2.24) is 0 Å². The summed E-state index contributed by atoms with van der Waals surface area (Å²) in [5.74, 6) is 0. The number of fused-ring (bicyclic) bond motifs is 9. The lowest BCUT2D eigenvalue weighted by molar-refractivity contribution is 1.47. The molecule has 14 rings (SSSR count). The van der Waals surface area contributed by atoms with Crippen LogP contribution in [-0.2, 0) is 0 Å². The quantitative estimate of drug-likeness (QED) is 0.155. The summed E-state index contributed by atoms with van der Waals surface area (Å²) in [5, 5.41) is 22.9. The first-order chi connectivity index (χ1) is 32.2. The van der Waals surface area contributed by atoms with E-state index in [-0.39, 0.29) is 0 Å². The van der Waals surface area contributed by atoms with Crippen LogP contribution in [0.25, 0.3) is 141 Å². The van der Waals surface area contributed by atoms with Gasteiger partial charge in [0.15, 0.2) is 0 Å². The van der Waals surface area contributed by atoms with Gasteiger partial charge >= 0.3 is 0 Å². The molecule has 0 aliphatic heterocycles. The molecule has 0 saturated carbocycles. The maximum atomic E-state index is 2.52. The highest BCUT2D eigenvalue weighted by Gasteiger charge is 2.24. The van der Waals surface area contributed by atoms with Crippen molar-refractivity contribution in [3.8, 4) is 44.5 Å². The number of rotatable bonds is 4. The van der Waals surface area contributed by atoms with E-state index in [0.29, 0.717) is 0 Å². The molecule has 0 amide bonds. The number of hydrogen-bond acceptors (Lipinski definition) is 0. The molecule has 0 heterocycles. The third-order valence-corrected chi connectivity index (χ3v) is 14.4. The molecule has 0 atom stereocenters. The second kappa shape index (κ2) is 13.8. The molecule has 0 saturated heterocycles. The fourth-order valence-corrected chi connectivity index (χ4v) is 11.5. The highest BCUT2D eigenvalue weighted by Crippen LogP contribution is 2.51. The molecule has 14 aromatic rings. The molecule has 0 bridgehead atoms. The summed E-state index contributed by atoms with van der Waals surface area (Å²) in [6, 6.07) is 84.7. The Labute approximate surface area is 376 Å². The Balaban J connectivity index is 1.21. The average Bonchev–Trinajstić information content (AvgIpc) is 3.37. The highest BCUT2D eigenvalue weighted by atomic mass is 14.3. The second-order valence-corrected chi connectivity index (χ2v) is 18.0. The van der Waals surface area contributed by atoms with Gasteiger partial charge in [-0.1, -0.05) is 200 Å². The lowest BCUT2D eigenvalue weighted by Crippen LogP contribution is -1.96. The van der Waals surface area contributed by atoms with Gasteiger partial charge in [-0.3, -0.25) is 0 Å². The van der Waals surface area contributed by atoms with Crippen LogP contribution < -0.4 is 0 Å². The SMILES string of the molecule is Cc1ccc(-c2cc(-c3cc4ccccc4c4ccccc34)c3ccc4c(-c5cc6ccccc6c6ccccc56)cc(-c5cc6ccccc6c6ccccc56)c5ccc2c3c54)cc1. The minimum absolute atomic E-state index is 1.22. The van der Waals surface area contributed by atoms with Gasteiger partial charge in [0.1, 0.15) is 0 Å². The van der Waals surface area contributed by atoms with Crippen LogP contribution in [0.15, 0.2) is 224 Å². The first-order valence-electron chi connectivity index (χ1n) is 22.7. The molecule has 0 spiro atoms. The Bertz CT molecular complexity index is 4140. The Morgan fingerprint density at radius 2 is 0.477 bits per heavy atom. The van der Waals surface area contributed by atoms with Crippen LogP contribution >= 0.6 is 0 Å². The van der Waals surface area contributed by atoms with E-state index in [2.05, 4.69) is 231 Å². The maximum Gasteiger partial charge on any atom is -0.00139 e. The van der Waals surface area contributed by atoms with Gasteiger partial charge in [0.05, 0.1) is 0 Å². The molecular formula is C65H40. The van der Waals surface area contributed by atoms with Crippen LogP contribution in [0.2, 0.25) is 0 Å². The Morgan fingerprint density at radius 1 is 0.200 bits per heavy atom. The zero-order valence-electron chi connectivity index (χ0n) is 35.9. The van der Waals surface area contributed by atoms with E-state index in [0.717, 1.165) is 0 Å². The summed E-state index contributed by atoms with van der Waals surface area (Å²) >= 11 is 0. The van der Waals surface area contributed by atoms with Crippen molar-refractivity contribution in [2.45, 2.75) is 6.92 Å². The van der Waals surface area contributed by atoms with Crippen molar-refractivity contribution in [3.05, 3.63) is 230 Å². The predicted octanol–water partition coefficient (Wildman–Crippen LogP) is 18.5. The first kappa shape index (κ1) is 36.2. The number of aryl methyl sites for hydroxylation is 1. The zero-order chi connectivity index (χ0) is 42.8. The number of hydrogen-bond donors (Lipinski definition) is 0. The molecule has 0 fully saturated rings. The maximum absolute atomic E-state index is 2.52. The third-order valence-electron chi connectivity index (χ3n) is 14.4. The van der Waals surface area contributed by atoms with Gasteiger partial charge in [-0.05, 0) is 179 Å². The topological polar surface area (TPSA) is 0 Å². The van der Waals surface area contributed by atoms with Gasteiger partial charge in [0.2, 0.25) is 0 Å². The Morgan fingerprint density at radius 3 is 0.846 bits per heavy atom. The fraction of sp³-hybridized carbons (Fsp3) is 0.0154. The minimum atomic E-state index is 1.22. The molecule has 300 valence electrons. The van der Waals surface area contributed by atoms with Crippen LogP contribution in [0.5, 0.6) is 0 Å². The van der Waals surface area contributed by atoms with Crippen molar-refractivity contribution in [1.29, 1.82) is 0 Å². The summed E-state index contributed by atoms with van der Waals surface area (Å²) < 4.78 is 0. The van der Waals surface area contributed by atoms with Gasteiger partial charge in [-0.2, -0.15) is 0 Å². The van der Waals surface area contributed by atoms with E-state index < -0.39 is 0 Å². The van der Waals surface area contributed by atoms with E-state index >= 15 is 0 Å². The molecule has 0 aliphatic carbocycles. The molecule has 14 aromatic carbocycles. The lowest BCUT2D eigenvalue weighted by Gasteiger charge is -2.23. The van der Waals surface area contributed by atoms with E-state index in [4.69, 9.17) is 0 Å². The summed E-state index contributed by atoms with van der Waals surface area (Å²) in [5.41, 5.74) is 11.2. The zero-order valence-corrected chi connectivity index (χ0v) is 35.9. The molecule has 0 nitrogen and oxygen atoms in total. The molecule has 0 aliphatic rings. The third kappa shape index (κ3) is 5.32. The van der Waals surface area contributed by atoms with Crippen LogP contribution in [0.1, 0.15) is 5.56 Å². The van der Waals surface area contributed by atoms with E-state index in [1.54, 1.807) is 0 Å². The van der Waals surface area contributed by atoms with Crippen LogP contribution in [0, 0.1) is 6.92 Å².